The van der Waals surface area contributed by atoms with Crippen molar-refractivity contribution in [2.75, 3.05) is 0 Å². The number of halogens is 1. The number of aromatic nitrogens is 3. The number of aliphatic hydroxyl groups is 1. The van der Waals surface area contributed by atoms with Gasteiger partial charge in [0.05, 0.1) is 12.2 Å². The molecule has 2 atom stereocenters. The van der Waals surface area contributed by atoms with Crippen molar-refractivity contribution < 1.29 is 9.84 Å². The van der Waals surface area contributed by atoms with Crippen LogP contribution in [0.25, 0.3) is 0 Å². The summed E-state index contributed by atoms with van der Waals surface area (Å²) in [4.78, 5) is 12.0. The third-order valence-corrected chi connectivity index (χ3v) is 3.21. The molecule has 0 saturated carbocycles. The molecule has 1 N–H and O–H groups in total. The zero-order valence-corrected chi connectivity index (χ0v) is 11.8. The van der Waals surface area contributed by atoms with Crippen LogP contribution < -0.4 is 4.74 Å². The Labute approximate surface area is 110 Å². The molecule has 2 unspecified atom stereocenters. The molecule has 0 saturated heterocycles. The second-order valence-corrected chi connectivity index (χ2v) is 5.58. The van der Waals surface area contributed by atoms with E-state index in [1.54, 1.807) is 6.92 Å². The molecule has 1 heterocycles. The van der Waals surface area contributed by atoms with Crippen LogP contribution in [-0.4, -0.2) is 37.5 Å². The summed E-state index contributed by atoms with van der Waals surface area (Å²) in [5.74, 6) is 0. The second kappa shape index (κ2) is 6.37. The molecule has 1 aromatic heterocycles. The minimum absolute atomic E-state index is 0.0273. The molecular weight excluding hydrogens is 262 g/mol. The Hall–Kier alpha value is -0.590. The maximum Gasteiger partial charge on any atom is 0.321 e. The Bertz CT molecular complexity index is 377. The lowest BCUT2D eigenvalue weighted by atomic mass is 10.3. The normalized spacial score (nSPS) is 14.8. The van der Waals surface area contributed by atoms with Gasteiger partial charge in [-0.2, -0.15) is 15.0 Å². The first-order valence-electron chi connectivity index (χ1n) is 5.31. The van der Waals surface area contributed by atoms with Gasteiger partial charge < -0.3 is 9.84 Å². The molecule has 0 amide bonds. The van der Waals surface area contributed by atoms with Crippen LogP contribution >= 0.6 is 23.4 Å². The highest BCUT2D eigenvalue weighted by Crippen LogP contribution is 2.24. The largest absolute Gasteiger partial charge is 0.461 e. The fraction of sp³-hybridized carbons (Fsp3) is 0.700. The van der Waals surface area contributed by atoms with Crippen LogP contribution in [0.1, 0.15) is 27.7 Å². The van der Waals surface area contributed by atoms with E-state index in [0.29, 0.717) is 5.16 Å². The van der Waals surface area contributed by atoms with Crippen molar-refractivity contribution in [1.82, 2.24) is 15.0 Å². The van der Waals surface area contributed by atoms with E-state index in [9.17, 15) is 5.11 Å². The maximum absolute atomic E-state index is 9.41. The predicted octanol–water partition coefficient (Wildman–Crippen LogP) is 2.17. The molecule has 1 aromatic rings. The minimum Gasteiger partial charge on any atom is -0.461 e. The summed E-state index contributed by atoms with van der Waals surface area (Å²) in [6.45, 7) is 7.36. The summed E-state index contributed by atoms with van der Waals surface area (Å²) in [6.07, 6.45) is -0.481. The highest BCUT2D eigenvalue weighted by atomic mass is 35.5. The Morgan fingerprint density at radius 3 is 2.35 bits per heavy atom. The van der Waals surface area contributed by atoms with E-state index in [2.05, 4.69) is 15.0 Å². The van der Waals surface area contributed by atoms with Gasteiger partial charge in [0.2, 0.25) is 5.28 Å². The lowest BCUT2D eigenvalue weighted by Gasteiger charge is -2.13. The van der Waals surface area contributed by atoms with Gasteiger partial charge in [-0.15, -0.1) is 0 Å². The van der Waals surface area contributed by atoms with E-state index in [4.69, 9.17) is 16.3 Å². The maximum atomic E-state index is 9.41. The summed E-state index contributed by atoms with van der Waals surface area (Å²) < 4.78 is 5.36. The van der Waals surface area contributed by atoms with Crippen molar-refractivity contribution in [2.24, 2.45) is 0 Å². The number of thioether (sulfide) groups is 1. The Balaban J connectivity index is 2.82. The Kier molecular flexibility index (Phi) is 5.42. The first kappa shape index (κ1) is 14.5. The number of nitrogens with zero attached hydrogens (tertiary/aromatic N) is 3. The predicted molar refractivity (Wildman–Crippen MR) is 67.6 cm³/mol. The van der Waals surface area contributed by atoms with E-state index in [1.807, 2.05) is 20.8 Å². The van der Waals surface area contributed by atoms with Crippen molar-refractivity contribution >= 4 is 23.4 Å². The summed E-state index contributed by atoms with van der Waals surface area (Å²) in [5.41, 5.74) is 0. The second-order valence-electron chi connectivity index (χ2n) is 3.90. The average molecular weight is 278 g/mol. The molecule has 0 aliphatic carbocycles. The lowest BCUT2D eigenvalue weighted by Crippen LogP contribution is -2.16. The zero-order chi connectivity index (χ0) is 13.0. The molecule has 96 valence electrons. The molecule has 0 radical (unpaired) electrons. The van der Waals surface area contributed by atoms with Crippen LogP contribution in [0, 0.1) is 0 Å². The molecule has 0 aromatic carbocycles. The van der Waals surface area contributed by atoms with Crippen molar-refractivity contribution in [2.45, 2.75) is 50.3 Å². The number of ether oxygens (including phenoxy) is 1. The minimum atomic E-state index is -0.454. The quantitative estimate of drug-likeness (QED) is 0.832. The van der Waals surface area contributed by atoms with E-state index < -0.39 is 6.10 Å². The van der Waals surface area contributed by atoms with Gasteiger partial charge in [-0.05, 0) is 32.4 Å². The van der Waals surface area contributed by atoms with Gasteiger partial charge in [0.25, 0.3) is 0 Å². The lowest BCUT2D eigenvalue weighted by molar-refractivity contribution is 0.196. The number of aliphatic hydroxyl groups excluding tert-OH is 1. The van der Waals surface area contributed by atoms with Gasteiger partial charge in [0.1, 0.15) is 0 Å². The Morgan fingerprint density at radius 1 is 1.18 bits per heavy atom. The third kappa shape index (κ3) is 5.06. The van der Waals surface area contributed by atoms with Crippen LogP contribution in [0.15, 0.2) is 5.16 Å². The highest BCUT2D eigenvalue weighted by molar-refractivity contribution is 7.99. The van der Waals surface area contributed by atoms with Crippen molar-refractivity contribution in [3.05, 3.63) is 5.28 Å². The van der Waals surface area contributed by atoms with Gasteiger partial charge in [0.15, 0.2) is 5.16 Å². The molecule has 1 rings (SSSR count). The molecular formula is C10H16ClN3O2S. The fourth-order valence-electron chi connectivity index (χ4n) is 0.896. The van der Waals surface area contributed by atoms with Crippen molar-refractivity contribution in [3.63, 3.8) is 0 Å². The van der Waals surface area contributed by atoms with E-state index in [-0.39, 0.29) is 22.6 Å². The van der Waals surface area contributed by atoms with Gasteiger partial charge >= 0.3 is 6.01 Å². The van der Waals surface area contributed by atoms with E-state index in [0.717, 1.165) is 0 Å². The van der Waals surface area contributed by atoms with Gasteiger partial charge in [-0.1, -0.05) is 18.7 Å². The molecule has 5 nitrogen and oxygen atoms in total. The number of hydrogen-bond donors (Lipinski definition) is 1. The van der Waals surface area contributed by atoms with Crippen LogP contribution in [0.4, 0.5) is 0 Å². The topological polar surface area (TPSA) is 68.1 Å². The Morgan fingerprint density at radius 2 is 1.82 bits per heavy atom. The standard InChI is InChI=1S/C10H16ClN3O2S/c1-5(2)16-9-12-8(11)13-10(14-9)17-7(4)6(3)15/h5-7,15H,1-4H3. The average Bonchev–Trinajstić information content (AvgIpc) is 2.14. The summed E-state index contributed by atoms with van der Waals surface area (Å²) >= 11 is 7.11. The van der Waals surface area contributed by atoms with Gasteiger partial charge in [-0.25, -0.2) is 0 Å². The molecule has 0 aliphatic heterocycles. The molecule has 0 fully saturated rings. The molecule has 7 heteroatoms. The van der Waals surface area contributed by atoms with Gasteiger partial charge in [0, 0.05) is 5.25 Å². The molecule has 0 spiro atoms. The van der Waals surface area contributed by atoms with Crippen LogP contribution in [0.2, 0.25) is 5.28 Å². The molecule has 0 aliphatic rings. The van der Waals surface area contributed by atoms with Crippen molar-refractivity contribution in [1.29, 1.82) is 0 Å². The molecule has 17 heavy (non-hydrogen) atoms. The van der Waals surface area contributed by atoms with Crippen LogP contribution in [0.3, 0.4) is 0 Å². The fourth-order valence-corrected chi connectivity index (χ4v) is 1.90. The highest BCUT2D eigenvalue weighted by Gasteiger charge is 2.15. The SMILES string of the molecule is CC(C)Oc1nc(Cl)nc(SC(C)C(C)O)n1. The number of rotatable bonds is 5. The summed E-state index contributed by atoms with van der Waals surface area (Å²) in [7, 11) is 0. The summed E-state index contributed by atoms with van der Waals surface area (Å²) in [5, 5.41) is 9.93. The van der Waals surface area contributed by atoms with Gasteiger partial charge in [-0.3, -0.25) is 0 Å². The van der Waals surface area contributed by atoms with E-state index >= 15 is 0 Å². The number of hydrogen-bond acceptors (Lipinski definition) is 6. The third-order valence-electron chi connectivity index (χ3n) is 1.88. The van der Waals surface area contributed by atoms with Crippen LogP contribution in [-0.2, 0) is 0 Å². The van der Waals surface area contributed by atoms with Crippen LogP contribution in [0.5, 0.6) is 6.01 Å². The zero-order valence-electron chi connectivity index (χ0n) is 10.2. The van der Waals surface area contributed by atoms with Crippen molar-refractivity contribution in [3.8, 4) is 6.01 Å². The monoisotopic (exact) mass is 277 g/mol. The summed E-state index contributed by atoms with van der Waals surface area (Å²) in [6, 6.07) is 0.209. The molecule has 0 bridgehead atoms. The smallest absolute Gasteiger partial charge is 0.321 e. The first-order chi connectivity index (χ1) is 7.88. The van der Waals surface area contributed by atoms with E-state index in [1.165, 1.54) is 11.8 Å². The first-order valence-corrected chi connectivity index (χ1v) is 6.57.